The lowest BCUT2D eigenvalue weighted by atomic mass is 10.1. The SMILES string of the molecule is O=C(Nc1cccnc1)Nc1ccccc1N1CCN(C(=O)Cc2c[nH]c3ncccc23)CC1. The Morgan fingerprint density at radius 1 is 0.941 bits per heavy atom. The smallest absolute Gasteiger partial charge is 0.323 e. The molecule has 4 aromatic rings. The van der Waals surface area contributed by atoms with Crippen molar-refractivity contribution in [2.24, 2.45) is 0 Å². The van der Waals surface area contributed by atoms with Crippen molar-refractivity contribution in [3.63, 3.8) is 0 Å². The van der Waals surface area contributed by atoms with E-state index in [1.54, 1.807) is 30.7 Å². The molecule has 1 saturated heterocycles. The normalized spacial score (nSPS) is 13.6. The minimum Gasteiger partial charge on any atom is -0.366 e. The molecule has 0 unspecified atom stereocenters. The van der Waals surface area contributed by atoms with Crippen molar-refractivity contribution in [1.29, 1.82) is 0 Å². The Hall–Kier alpha value is -4.40. The molecular formula is C25H25N7O2. The zero-order valence-electron chi connectivity index (χ0n) is 18.6. The molecule has 4 heterocycles. The average Bonchev–Trinajstić information content (AvgIpc) is 3.28. The molecule has 1 aliphatic rings. The molecule has 0 radical (unpaired) electrons. The summed E-state index contributed by atoms with van der Waals surface area (Å²) < 4.78 is 0. The van der Waals surface area contributed by atoms with Crippen LogP contribution in [0.1, 0.15) is 5.56 Å². The van der Waals surface area contributed by atoms with Crippen molar-refractivity contribution in [2.75, 3.05) is 41.7 Å². The standard InChI is InChI=1S/C25H25N7O2/c33-23(15-18-16-28-24-20(18)6-4-10-27-24)32-13-11-31(12-14-32)22-8-2-1-7-21(22)30-25(34)29-19-5-3-9-26-17-19/h1-10,16-17H,11-15H2,(H,27,28)(H2,29,30,34). The quantitative estimate of drug-likeness (QED) is 0.427. The van der Waals surface area contributed by atoms with Crippen LogP contribution < -0.4 is 15.5 Å². The first-order valence-corrected chi connectivity index (χ1v) is 11.2. The highest BCUT2D eigenvalue weighted by Crippen LogP contribution is 2.27. The zero-order valence-corrected chi connectivity index (χ0v) is 18.6. The number of fused-ring (bicyclic) bond motifs is 1. The van der Waals surface area contributed by atoms with Crippen LogP contribution in [-0.2, 0) is 11.2 Å². The van der Waals surface area contributed by atoms with E-state index in [0.29, 0.717) is 38.3 Å². The number of piperazine rings is 1. The number of nitrogens with zero attached hydrogens (tertiary/aromatic N) is 4. The van der Waals surface area contributed by atoms with Gasteiger partial charge < -0.3 is 25.4 Å². The highest BCUT2D eigenvalue weighted by Gasteiger charge is 2.23. The lowest BCUT2D eigenvalue weighted by Crippen LogP contribution is -2.49. The van der Waals surface area contributed by atoms with Gasteiger partial charge in [-0.25, -0.2) is 9.78 Å². The Morgan fingerprint density at radius 2 is 1.76 bits per heavy atom. The summed E-state index contributed by atoms with van der Waals surface area (Å²) in [4.78, 5) is 40.9. The number of nitrogens with one attached hydrogen (secondary N) is 3. The highest BCUT2D eigenvalue weighted by atomic mass is 16.2. The number of urea groups is 1. The minimum absolute atomic E-state index is 0.103. The first-order valence-electron chi connectivity index (χ1n) is 11.2. The summed E-state index contributed by atoms with van der Waals surface area (Å²) in [6, 6.07) is 14.8. The molecule has 34 heavy (non-hydrogen) atoms. The second-order valence-electron chi connectivity index (χ2n) is 8.10. The summed E-state index contributed by atoms with van der Waals surface area (Å²) in [6.07, 6.45) is 7.19. The number of aromatic amines is 1. The van der Waals surface area contributed by atoms with Gasteiger partial charge in [-0.1, -0.05) is 12.1 Å². The van der Waals surface area contributed by atoms with Crippen molar-refractivity contribution < 1.29 is 9.59 Å². The van der Waals surface area contributed by atoms with Crippen LogP contribution in [0.25, 0.3) is 11.0 Å². The van der Waals surface area contributed by atoms with E-state index in [9.17, 15) is 9.59 Å². The van der Waals surface area contributed by atoms with Crippen LogP contribution in [0.4, 0.5) is 21.9 Å². The monoisotopic (exact) mass is 455 g/mol. The van der Waals surface area contributed by atoms with E-state index in [0.717, 1.165) is 28.0 Å². The Morgan fingerprint density at radius 3 is 2.59 bits per heavy atom. The number of amides is 3. The van der Waals surface area contributed by atoms with Crippen LogP contribution in [0, 0.1) is 0 Å². The Balaban J connectivity index is 1.20. The highest BCUT2D eigenvalue weighted by molar-refractivity contribution is 6.01. The topological polar surface area (TPSA) is 106 Å². The number of pyridine rings is 2. The molecule has 3 amide bonds. The van der Waals surface area contributed by atoms with E-state index < -0.39 is 0 Å². The van der Waals surface area contributed by atoms with Crippen molar-refractivity contribution in [2.45, 2.75) is 6.42 Å². The molecule has 0 bridgehead atoms. The fourth-order valence-electron chi connectivity index (χ4n) is 4.21. The number of para-hydroxylation sites is 2. The predicted molar refractivity (Wildman–Crippen MR) is 132 cm³/mol. The van der Waals surface area contributed by atoms with Crippen LogP contribution in [0.15, 0.2) is 73.3 Å². The van der Waals surface area contributed by atoms with Gasteiger partial charge in [0.2, 0.25) is 5.91 Å². The van der Waals surface area contributed by atoms with Crippen molar-refractivity contribution >= 4 is 40.0 Å². The number of aromatic nitrogens is 3. The summed E-state index contributed by atoms with van der Waals surface area (Å²) in [6.45, 7) is 2.61. The van der Waals surface area contributed by atoms with Crippen LogP contribution in [0.5, 0.6) is 0 Å². The predicted octanol–water partition coefficient (Wildman–Crippen LogP) is 3.49. The fraction of sp³-hybridized carbons (Fsp3) is 0.200. The van der Waals surface area contributed by atoms with Crippen LogP contribution >= 0.6 is 0 Å². The van der Waals surface area contributed by atoms with Gasteiger partial charge in [-0.05, 0) is 42.0 Å². The maximum Gasteiger partial charge on any atom is 0.323 e. The Labute approximate surface area is 196 Å². The zero-order chi connectivity index (χ0) is 23.3. The summed E-state index contributed by atoms with van der Waals surface area (Å²) >= 11 is 0. The van der Waals surface area contributed by atoms with Gasteiger partial charge in [0, 0.05) is 50.2 Å². The number of rotatable bonds is 5. The lowest BCUT2D eigenvalue weighted by molar-refractivity contribution is -0.130. The van der Waals surface area contributed by atoms with Crippen LogP contribution in [0.2, 0.25) is 0 Å². The van der Waals surface area contributed by atoms with E-state index in [-0.39, 0.29) is 11.9 Å². The van der Waals surface area contributed by atoms with Gasteiger partial charge >= 0.3 is 6.03 Å². The van der Waals surface area contributed by atoms with E-state index >= 15 is 0 Å². The molecule has 172 valence electrons. The van der Waals surface area contributed by atoms with Crippen molar-refractivity contribution in [3.05, 3.63) is 78.9 Å². The number of carbonyl (C=O) groups excluding carboxylic acids is 2. The Bertz CT molecular complexity index is 1300. The summed E-state index contributed by atoms with van der Waals surface area (Å²) in [5, 5.41) is 6.70. The van der Waals surface area contributed by atoms with Gasteiger partial charge in [0.1, 0.15) is 5.65 Å². The Kier molecular flexibility index (Phi) is 6.07. The van der Waals surface area contributed by atoms with Gasteiger partial charge in [0.05, 0.1) is 29.7 Å². The molecule has 9 nitrogen and oxygen atoms in total. The van der Waals surface area contributed by atoms with Gasteiger partial charge in [-0.2, -0.15) is 0 Å². The third-order valence-electron chi connectivity index (χ3n) is 5.92. The second-order valence-corrected chi connectivity index (χ2v) is 8.10. The number of H-pyrrole nitrogens is 1. The van der Waals surface area contributed by atoms with Crippen molar-refractivity contribution in [3.8, 4) is 0 Å². The minimum atomic E-state index is -0.331. The second kappa shape index (κ2) is 9.62. The first-order chi connectivity index (χ1) is 16.7. The molecule has 0 aliphatic carbocycles. The molecular weight excluding hydrogens is 430 g/mol. The number of anilines is 3. The summed E-state index contributed by atoms with van der Waals surface area (Å²) in [7, 11) is 0. The molecule has 1 aliphatic heterocycles. The van der Waals surface area contributed by atoms with E-state index in [1.807, 2.05) is 47.5 Å². The summed E-state index contributed by atoms with van der Waals surface area (Å²) in [5.41, 5.74) is 4.03. The molecule has 0 atom stereocenters. The largest absolute Gasteiger partial charge is 0.366 e. The third kappa shape index (κ3) is 4.68. The molecule has 0 spiro atoms. The molecule has 3 N–H and O–H groups in total. The van der Waals surface area contributed by atoms with E-state index in [1.165, 1.54) is 0 Å². The molecule has 3 aromatic heterocycles. The van der Waals surface area contributed by atoms with Crippen LogP contribution in [-0.4, -0.2) is 58.0 Å². The number of benzene rings is 1. The van der Waals surface area contributed by atoms with E-state index in [2.05, 4.69) is 30.5 Å². The maximum absolute atomic E-state index is 12.9. The molecule has 1 fully saturated rings. The molecule has 0 saturated carbocycles. The lowest BCUT2D eigenvalue weighted by Gasteiger charge is -2.37. The maximum atomic E-state index is 12.9. The van der Waals surface area contributed by atoms with Gasteiger partial charge in [0.25, 0.3) is 0 Å². The molecule has 9 heteroatoms. The van der Waals surface area contributed by atoms with E-state index in [4.69, 9.17) is 0 Å². The first kappa shape index (κ1) is 21.4. The number of carbonyl (C=O) groups is 2. The third-order valence-corrected chi connectivity index (χ3v) is 5.92. The van der Waals surface area contributed by atoms with Crippen LogP contribution in [0.3, 0.4) is 0 Å². The van der Waals surface area contributed by atoms with Gasteiger partial charge in [0.15, 0.2) is 0 Å². The fourth-order valence-corrected chi connectivity index (χ4v) is 4.21. The summed E-state index contributed by atoms with van der Waals surface area (Å²) in [5.74, 6) is 0.103. The number of hydrogen-bond acceptors (Lipinski definition) is 5. The molecule has 5 rings (SSSR count). The van der Waals surface area contributed by atoms with Gasteiger partial charge in [-0.3, -0.25) is 9.78 Å². The average molecular weight is 456 g/mol. The molecule has 1 aromatic carbocycles. The van der Waals surface area contributed by atoms with Gasteiger partial charge in [-0.15, -0.1) is 0 Å². The van der Waals surface area contributed by atoms with Crippen molar-refractivity contribution in [1.82, 2.24) is 19.9 Å². The number of hydrogen-bond donors (Lipinski definition) is 3.